The van der Waals surface area contributed by atoms with Crippen molar-refractivity contribution in [2.24, 2.45) is 5.92 Å². The van der Waals surface area contributed by atoms with Crippen LogP contribution in [-0.2, 0) is 20.7 Å². The Morgan fingerprint density at radius 2 is 2.18 bits per heavy atom. The van der Waals surface area contributed by atoms with Gasteiger partial charge in [-0.3, -0.25) is 14.6 Å². The van der Waals surface area contributed by atoms with E-state index in [2.05, 4.69) is 31.7 Å². The van der Waals surface area contributed by atoms with E-state index in [1.54, 1.807) is 26.2 Å². The van der Waals surface area contributed by atoms with Crippen molar-refractivity contribution >= 4 is 45.2 Å². The van der Waals surface area contributed by atoms with E-state index in [0.717, 1.165) is 0 Å². The van der Waals surface area contributed by atoms with Gasteiger partial charge in [-0.2, -0.15) is 0 Å². The van der Waals surface area contributed by atoms with E-state index >= 15 is 0 Å². The highest BCUT2D eigenvalue weighted by Gasteiger charge is 2.36. The molecule has 11 heteroatoms. The first kappa shape index (κ1) is 22.6. The minimum absolute atomic E-state index is 0.117. The second kappa shape index (κ2) is 9.19. The third-order valence-electron chi connectivity index (χ3n) is 4.10. The van der Waals surface area contributed by atoms with E-state index < -0.39 is 35.7 Å². The van der Waals surface area contributed by atoms with Crippen LogP contribution in [0.25, 0.3) is 0 Å². The minimum Gasteiger partial charge on any atom is -0.480 e. The van der Waals surface area contributed by atoms with Gasteiger partial charge in [-0.05, 0) is 49.0 Å². The van der Waals surface area contributed by atoms with Gasteiger partial charge in [0.15, 0.2) is 0 Å². The third-order valence-corrected chi connectivity index (χ3v) is 5.68. The van der Waals surface area contributed by atoms with Crippen molar-refractivity contribution in [3.05, 3.63) is 15.0 Å². The van der Waals surface area contributed by atoms with Crippen LogP contribution in [0, 0.1) is 5.92 Å². The number of carboxylic acids is 1. The van der Waals surface area contributed by atoms with Crippen molar-refractivity contribution in [3.63, 3.8) is 0 Å². The molecule has 3 N–H and O–H groups in total. The standard InChI is InChI=1S/C17H25BrN4O5S/c1-9-5-6-22(21-13(9)15(24)25)14(23)10(7-12-20-11(18)8-28-12)19-16(26)27-17(2,3)4/h8-10,13,21H,5-7H2,1-4H3,(H,19,26)(H,24,25)/t9-,10-,13-/m0/s1. The number of halogens is 1. The molecule has 0 spiro atoms. The minimum atomic E-state index is -1.02. The fourth-order valence-electron chi connectivity index (χ4n) is 2.73. The average Bonchev–Trinajstić information content (AvgIpc) is 2.97. The van der Waals surface area contributed by atoms with Crippen LogP contribution in [0.5, 0.6) is 0 Å². The average molecular weight is 477 g/mol. The zero-order chi connectivity index (χ0) is 21.1. The number of hydrazine groups is 1. The predicted octanol–water partition coefficient (Wildman–Crippen LogP) is 2.17. The molecule has 0 aromatic carbocycles. The quantitative estimate of drug-likeness (QED) is 0.595. The Morgan fingerprint density at radius 3 is 2.71 bits per heavy atom. The van der Waals surface area contributed by atoms with Gasteiger partial charge in [-0.15, -0.1) is 11.3 Å². The lowest BCUT2D eigenvalue weighted by Gasteiger charge is -2.37. The molecule has 0 radical (unpaired) electrons. The molecule has 9 nitrogen and oxygen atoms in total. The molecule has 2 heterocycles. The molecule has 1 aliphatic rings. The van der Waals surface area contributed by atoms with Crippen molar-refractivity contribution in [1.82, 2.24) is 20.7 Å². The maximum Gasteiger partial charge on any atom is 0.408 e. The fourth-order valence-corrected chi connectivity index (χ4v) is 4.04. The molecule has 0 unspecified atom stereocenters. The molecular formula is C17H25BrN4O5S. The molecule has 156 valence electrons. The van der Waals surface area contributed by atoms with Crippen LogP contribution in [0.3, 0.4) is 0 Å². The van der Waals surface area contributed by atoms with E-state index in [0.29, 0.717) is 22.6 Å². The van der Waals surface area contributed by atoms with Crippen molar-refractivity contribution in [2.75, 3.05) is 6.54 Å². The lowest BCUT2D eigenvalue weighted by molar-refractivity contribution is -0.150. The summed E-state index contributed by atoms with van der Waals surface area (Å²) in [6, 6.07) is -1.81. The molecule has 1 fully saturated rings. The first-order valence-electron chi connectivity index (χ1n) is 8.86. The molecule has 28 heavy (non-hydrogen) atoms. The summed E-state index contributed by atoms with van der Waals surface area (Å²) in [7, 11) is 0. The molecule has 0 saturated carbocycles. The van der Waals surface area contributed by atoms with Crippen LogP contribution >= 0.6 is 27.3 Å². The van der Waals surface area contributed by atoms with Gasteiger partial charge in [-0.25, -0.2) is 15.2 Å². The predicted molar refractivity (Wildman–Crippen MR) is 107 cm³/mol. The Kier molecular flexibility index (Phi) is 7.40. The summed E-state index contributed by atoms with van der Waals surface area (Å²) in [6.07, 6.45) is -0.0149. The number of carboxylic acid groups (broad SMARTS) is 1. The summed E-state index contributed by atoms with van der Waals surface area (Å²) in [5.74, 6) is -1.57. The number of hydrogen-bond donors (Lipinski definition) is 3. The summed E-state index contributed by atoms with van der Waals surface area (Å²) in [4.78, 5) is 41.0. The number of amides is 2. The van der Waals surface area contributed by atoms with Gasteiger partial charge in [0, 0.05) is 18.3 Å². The van der Waals surface area contributed by atoms with E-state index in [9.17, 15) is 19.5 Å². The summed E-state index contributed by atoms with van der Waals surface area (Å²) in [6.45, 7) is 7.35. The number of ether oxygens (including phenoxy) is 1. The summed E-state index contributed by atoms with van der Waals surface area (Å²) in [5.41, 5.74) is 2.05. The molecule has 1 saturated heterocycles. The highest BCUT2D eigenvalue weighted by molar-refractivity contribution is 9.10. The highest BCUT2D eigenvalue weighted by Crippen LogP contribution is 2.20. The summed E-state index contributed by atoms with van der Waals surface area (Å²) < 4.78 is 5.91. The van der Waals surface area contributed by atoms with Gasteiger partial charge in [0.25, 0.3) is 5.91 Å². The number of aromatic nitrogens is 1. The number of carbonyl (C=O) groups is 3. The normalized spacial score (nSPS) is 21.1. The van der Waals surface area contributed by atoms with Crippen LogP contribution < -0.4 is 10.7 Å². The Bertz CT molecular complexity index is 735. The Morgan fingerprint density at radius 1 is 1.50 bits per heavy atom. The van der Waals surface area contributed by atoms with Crippen LogP contribution in [-0.4, -0.2) is 57.3 Å². The second-order valence-corrected chi connectivity index (χ2v) is 9.42. The van der Waals surface area contributed by atoms with Gasteiger partial charge >= 0.3 is 12.1 Å². The molecule has 1 aromatic rings. The first-order valence-corrected chi connectivity index (χ1v) is 10.5. The number of hydrogen-bond acceptors (Lipinski definition) is 7. The Hall–Kier alpha value is -1.72. The lowest BCUT2D eigenvalue weighted by atomic mass is 9.96. The zero-order valence-electron chi connectivity index (χ0n) is 16.2. The van der Waals surface area contributed by atoms with E-state index in [4.69, 9.17) is 4.74 Å². The smallest absolute Gasteiger partial charge is 0.408 e. The summed E-state index contributed by atoms with van der Waals surface area (Å²) in [5, 5.41) is 15.7. The topological polar surface area (TPSA) is 121 Å². The molecule has 2 amide bonds. The number of nitrogens with one attached hydrogen (secondary N) is 2. The fraction of sp³-hybridized carbons (Fsp3) is 0.647. The summed E-state index contributed by atoms with van der Waals surface area (Å²) >= 11 is 4.62. The molecule has 2 rings (SSSR count). The Balaban J connectivity index is 2.15. The van der Waals surface area contributed by atoms with Gasteiger partial charge in [0.05, 0.1) is 5.01 Å². The van der Waals surface area contributed by atoms with E-state index in [1.165, 1.54) is 16.3 Å². The SMILES string of the molecule is C[C@H]1CCN(C(=O)[C@H](Cc2nc(Br)cs2)NC(=O)OC(C)(C)C)N[C@@H]1C(=O)O. The van der Waals surface area contributed by atoms with Crippen molar-refractivity contribution < 1.29 is 24.2 Å². The van der Waals surface area contributed by atoms with Crippen molar-refractivity contribution in [2.45, 2.75) is 58.2 Å². The third kappa shape index (κ3) is 6.42. The number of rotatable bonds is 5. The van der Waals surface area contributed by atoms with Crippen LogP contribution in [0.1, 0.15) is 39.1 Å². The monoisotopic (exact) mass is 476 g/mol. The largest absolute Gasteiger partial charge is 0.480 e. The van der Waals surface area contributed by atoms with Gasteiger partial charge in [0.1, 0.15) is 22.3 Å². The maximum absolute atomic E-state index is 13.1. The number of carbonyl (C=O) groups excluding carboxylic acids is 2. The van der Waals surface area contributed by atoms with Gasteiger partial charge < -0.3 is 15.2 Å². The van der Waals surface area contributed by atoms with Crippen molar-refractivity contribution in [1.29, 1.82) is 0 Å². The van der Waals surface area contributed by atoms with Crippen LogP contribution in [0.15, 0.2) is 9.98 Å². The molecule has 0 bridgehead atoms. The zero-order valence-corrected chi connectivity index (χ0v) is 18.6. The van der Waals surface area contributed by atoms with Gasteiger partial charge in [0.2, 0.25) is 0 Å². The van der Waals surface area contributed by atoms with E-state index in [1.807, 2.05) is 6.92 Å². The number of alkyl carbamates (subject to hydrolysis) is 1. The molecular weight excluding hydrogens is 452 g/mol. The lowest BCUT2D eigenvalue weighted by Crippen LogP contribution is -2.62. The molecule has 1 aliphatic heterocycles. The molecule has 1 aromatic heterocycles. The first-order chi connectivity index (χ1) is 13.0. The second-order valence-electron chi connectivity index (χ2n) is 7.67. The van der Waals surface area contributed by atoms with Crippen LogP contribution in [0.4, 0.5) is 4.79 Å². The Labute approximate surface area is 175 Å². The maximum atomic E-state index is 13.1. The van der Waals surface area contributed by atoms with Gasteiger partial charge in [-0.1, -0.05) is 6.92 Å². The van der Waals surface area contributed by atoms with Crippen molar-refractivity contribution in [3.8, 4) is 0 Å². The highest BCUT2D eigenvalue weighted by atomic mass is 79.9. The number of aliphatic carboxylic acids is 1. The number of thiazole rings is 1. The number of nitrogens with zero attached hydrogens (tertiary/aromatic N) is 2. The van der Waals surface area contributed by atoms with Crippen LogP contribution in [0.2, 0.25) is 0 Å². The molecule has 0 aliphatic carbocycles. The van der Waals surface area contributed by atoms with E-state index in [-0.39, 0.29) is 12.3 Å². The molecule has 3 atom stereocenters.